The molecule has 0 saturated heterocycles. The van der Waals surface area contributed by atoms with Gasteiger partial charge in [0, 0.05) is 34.1 Å². The highest BCUT2D eigenvalue weighted by molar-refractivity contribution is 6.30. The Morgan fingerprint density at radius 3 is 2.73 bits per heavy atom. The van der Waals surface area contributed by atoms with Crippen LogP contribution in [0.4, 0.5) is 0 Å². The number of hydrogen-bond donors (Lipinski definition) is 0. The van der Waals surface area contributed by atoms with E-state index in [9.17, 15) is 4.79 Å². The monoisotopic (exact) mass is 461 g/mol. The summed E-state index contributed by atoms with van der Waals surface area (Å²) in [6.07, 6.45) is 5.61. The molecule has 0 radical (unpaired) electrons. The van der Waals surface area contributed by atoms with E-state index in [1.807, 2.05) is 35.9 Å². The summed E-state index contributed by atoms with van der Waals surface area (Å²) in [4.78, 5) is 22.0. The lowest BCUT2D eigenvalue weighted by molar-refractivity contribution is 0.0963. The Bertz CT molecular complexity index is 1440. The van der Waals surface area contributed by atoms with Crippen molar-refractivity contribution in [1.29, 1.82) is 0 Å². The molecule has 0 aliphatic carbocycles. The van der Waals surface area contributed by atoms with Crippen LogP contribution in [0.3, 0.4) is 0 Å². The second-order valence-corrected chi connectivity index (χ2v) is 8.05. The molecule has 0 unspecified atom stereocenters. The Balaban J connectivity index is 1.55. The molecule has 3 heterocycles. The van der Waals surface area contributed by atoms with E-state index in [-0.39, 0.29) is 5.91 Å². The average Bonchev–Trinajstić information content (AvgIpc) is 3.55. The number of fused-ring (bicyclic) bond motifs is 1. The molecule has 5 aromatic rings. The van der Waals surface area contributed by atoms with Crippen LogP contribution in [0.5, 0.6) is 5.75 Å². The lowest BCUT2D eigenvalue weighted by Gasteiger charge is -2.08. The van der Waals surface area contributed by atoms with Crippen molar-refractivity contribution in [3.05, 3.63) is 94.7 Å². The quantitative estimate of drug-likeness (QED) is 0.369. The Morgan fingerprint density at radius 1 is 1.18 bits per heavy atom. The van der Waals surface area contributed by atoms with E-state index in [2.05, 4.69) is 15.1 Å². The molecule has 0 aliphatic rings. The van der Waals surface area contributed by atoms with E-state index in [4.69, 9.17) is 20.9 Å². The third kappa shape index (κ3) is 4.01. The van der Waals surface area contributed by atoms with E-state index < -0.39 is 0 Å². The molecular formula is C24H20ClN5O3. The number of halogens is 1. The molecule has 0 saturated carbocycles. The van der Waals surface area contributed by atoms with Crippen LogP contribution in [0.2, 0.25) is 5.02 Å². The van der Waals surface area contributed by atoms with Crippen LogP contribution in [0.25, 0.3) is 10.9 Å². The summed E-state index contributed by atoms with van der Waals surface area (Å²) in [7, 11) is 1.62. The summed E-state index contributed by atoms with van der Waals surface area (Å²) in [5.41, 5.74) is 3.04. The summed E-state index contributed by atoms with van der Waals surface area (Å²) >= 11 is 6.00. The molecule has 0 atom stereocenters. The van der Waals surface area contributed by atoms with Gasteiger partial charge in [0.05, 0.1) is 31.9 Å². The van der Waals surface area contributed by atoms with E-state index >= 15 is 0 Å². The van der Waals surface area contributed by atoms with Crippen LogP contribution in [0, 0.1) is 6.92 Å². The molecule has 33 heavy (non-hydrogen) atoms. The Labute approximate surface area is 194 Å². The second-order valence-electron chi connectivity index (χ2n) is 7.61. The van der Waals surface area contributed by atoms with Crippen molar-refractivity contribution in [1.82, 2.24) is 24.3 Å². The summed E-state index contributed by atoms with van der Waals surface area (Å²) in [5, 5.41) is 5.55. The van der Waals surface area contributed by atoms with Crippen molar-refractivity contribution in [2.24, 2.45) is 0 Å². The van der Waals surface area contributed by atoms with Crippen LogP contribution in [0.15, 0.2) is 65.7 Å². The summed E-state index contributed by atoms with van der Waals surface area (Å²) in [5.74, 6) is 1.58. The maximum Gasteiger partial charge on any atom is 0.262 e. The fraction of sp³-hybridized carbons (Fsp3) is 0.167. The standard InChI is InChI=1S/C24H20ClN5O3/c1-15-19(12-23-27-22(28-33-23)13-29-10-9-26-14-29)20-11-18(32-2)7-8-21(20)30(15)24(31)16-3-5-17(25)6-4-16/h3-11,14H,12-13H2,1-2H3. The Hall–Kier alpha value is -3.91. The summed E-state index contributed by atoms with van der Waals surface area (Å²) in [6.45, 7) is 2.38. The minimum atomic E-state index is -0.142. The Morgan fingerprint density at radius 2 is 2.00 bits per heavy atom. The number of carbonyl (C=O) groups excluding carboxylic acids is 1. The fourth-order valence-electron chi connectivity index (χ4n) is 3.92. The van der Waals surface area contributed by atoms with Crippen LogP contribution in [0.1, 0.15) is 33.3 Å². The molecule has 0 fully saturated rings. The average molecular weight is 462 g/mol. The van der Waals surface area contributed by atoms with Gasteiger partial charge < -0.3 is 13.8 Å². The largest absolute Gasteiger partial charge is 0.497 e. The lowest BCUT2D eigenvalue weighted by atomic mass is 10.1. The van der Waals surface area contributed by atoms with Gasteiger partial charge in [-0.3, -0.25) is 9.36 Å². The van der Waals surface area contributed by atoms with E-state index in [0.717, 1.165) is 22.2 Å². The number of ether oxygens (including phenoxy) is 1. The highest BCUT2D eigenvalue weighted by Crippen LogP contribution is 2.31. The zero-order valence-electron chi connectivity index (χ0n) is 18.0. The molecule has 0 bridgehead atoms. The third-order valence-electron chi connectivity index (χ3n) is 5.56. The van der Waals surface area contributed by atoms with Gasteiger partial charge in [0.25, 0.3) is 5.91 Å². The van der Waals surface area contributed by atoms with Crippen molar-refractivity contribution in [2.75, 3.05) is 7.11 Å². The van der Waals surface area contributed by atoms with Gasteiger partial charge in [-0.1, -0.05) is 16.8 Å². The third-order valence-corrected chi connectivity index (χ3v) is 5.81. The van der Waals surface area contributed by atoms with Crippen molar-refractivity contribution >= 4 is 28.4 Å². The normalized spacial score (nSPS) is 11.2. The van der Waals surface area contributed by atoms with Crippen molar-refractivity contribution in [3.63, 3.8) is 0 Å². The molecule has 3 aromatic heterocycles. The number of nitrogens with zero attached hydrogens (tertiary/aromatic N) is 5. The molecule has 9 heteroatoms. The van der Waals surface area contributed by atoms with Gasteiger partial charge in [-0.15, -0.1) is 0 Å². The molecular weight excluding hydrogens is 442 g/mol. The topological polar surface area (TPSA) is 88.0 Å². The SMILES string of the molecule is COc1ccc2c(c1)c(Cc1nc(Cn3ccnc3)no1)c(C)n2C(=O)c1ccc(Cl)cc1. The van der Waals surface area contributed by atoms with Gasteiger partial charge in [0.1, 0.15) is 5.75 Å². The number of methoxy groups -OCH3 is 1. The van der Waals surface area contributed by atoms with Crippen molar-refractivity contribution in [3.8, 4) is 5.75 Å². The first kappa shape index (κ1) is 21.0. The zero-order valence-corrected chi connectivity index (χ0v) is 18.8. The predicted octanol–water partition coefficient (Wildman–Crippen LogP) is 4.52. The molecule has 0 spiro atoms. The fourth-order valence-corrected chi connectivity index (χ4v) is 4.04. The maximum absolute atomic E-state index is 13.4. The molecule has 8 nitrogen and oxygen atoms in total. The second kappa shape index (κ2) is 8.55. The van der Waals surface area contributed by atoms with Crippen molar-refractivity contribution in [2.45, 2.75) is 19.9 Å². The number of benzene rings is 2. The van der Waals surface area contributed by atoms with Crippen molar-refractivity contribution < 1.29 is 14.1 Å². The molecule has 0 amide bonds. The summed E-state index contributed by atoms with van der Waals surface area (Å²) in [6, 6.07) is 12.5. The number of aromatic nitrogens is 5. The zero-order chi connectivity index (χ0) is 22.9. The smallest absolute Gasteiger partial charge is 0.262 e. The molecule has 166 valence electrons. The molecule has 2 aromatic carbocycles. The van der Waals surface area contributed by atoms with E-state index in [1.54, 1.807) is 48.5 Å². The molecule has 0 N–H and O–H groups in total. The Kier molecular flexibility index (Phi) is 5.43. The van der Waals surface area contributed by atoms with E-state index in [0.29, 0.717) is 41.0 Å². The van der Waals surface area contributed by atoms with Crippen LogP contribution < -0.4 is 4.74 Å². The first-order valence-corrected chi connectivity index (χ1v) is 10.7. The number of hydrogen-bond acceptors (Lipinski definition) is 6. The van der Waals surface area contributed by atoms with Crippen LogP contribution in [-0.2, 0) is 13.0 Å². The van der Waals surface area contributed by atoms with E-state index in [1.165, 1.54) is 0 Å². The summed E-state index contributed by atoms with van der Waals surface area (Å²) < 4.78 is 14.5. The van der Waals surface area contributed by atoms with Gasteiger partial charge in [0.2, 0.25) is 5.89 Å². The highest BCUT2D eigenvalue weighted by Gasteiger charge is 2.22. The van der Waals surface area contributed by atoms with Gasteiger partial charge in [-0.2, -0.15) is 4.98 Å². The number of rotatable bonds is 6. The van der Waals surface area contributed by atoms with Gasteiger partial charge in [-0.25, -0.2) is 4.98 Å². The van der Waals surface area contributed by atoms with Gasteiger partial charge in [-0.05, 0) is 55.0 Å². The minimum absolute atomic E-state index is 0.142. The van der Waals surface area contributed by atoms with Gasteiger partial charge in [0.15, 0.2) is 5.82 Å². The maximum atomic E-state index is 13.4. The number of imidazole rings is 1. The molecule has 0 aliphatic heterocycles. The first-order chi connectivity index (χ1) is 16.0. The first-order valence-electron chi connectivity index (χ1n) is 10.3. The predicted molar refractivity (Wildman–Crippen MR) is 123 cm³/mol. The lowest BCUT2D eigenvalue weighted by Crippen LogP contribution is -2.13. The number of carbonyl (C=O) groups is 1. The van der Waals surface area contributed by atoms with Gasteiger partial charge >= 0.3 is 0 Å². The van der Waals surface area contributed by atoms with Crippen LogP contribution in [-0.4, -0.2) is 37.3 Å². The minimum Gasteiger partial charge on any atom is -0.497 e. The molecule has 5 rings (SSSR count). The van der Waals surface area contributed by atoms with Crippen LogP contribution >= 0.6 is 11.6 Å². The highest BCUT2D eigenvalue weighted by atomic mass is 35.5.